The van der Waals surface area contributed by atoms with E-state index < -0.39 is 50.4 Å². The number of fused-ring (bicyclic) bond motifs is 1. The summed E-state index contributed by atoms with van der Waals surface area (Å²) in [5.74, 6) is -2.12. The van der Waals surface area contributed by atoms with E-state index >= 15 is 4.39 Å². The summed E-state index contributed by atoms with van der Waals surface area (Å²) in [6.45, 7) is 4.38. The molecule has 0 unspecified atom stereocenters. The SMILES string of the molecule is C[C@@H]1[C@@H](C)C/C=C(\F)[C@H](C(=O)N(C)CC=O)N2CCC[C@@]23CN2CCCCc4cc(Cl)cc3c4COc3ccc(cc32)C(=O)NS1(=O)=O. The van der Waals surface area contributed by atoms with Gasteiger partial charge in [0.05, 0.1) is 23.0 Å². The van der Waals surface area contributed by atoms with Gasteiger partial charge in [-0.3, -0.25) is 14.5 Å². The number of rotatable bonds is 3. The van der Waals surface area contributed by atoms with Crippen LogP contribution in [0.2, 0.25) is 5.02 Å². The number of ether oxygens (including phenoxy) is 1. The molecule has 1 N–H and O–H groups in total. The smallest absolute Gasteiger partial charge is 0.264 e. The Balaban J connectivity index is 1.65. The van der Waals surface area contributed by atoms with Gasteiger partial charge in [0.2, 0.25) is 15.9 Å². The summed E-state index contributed by atoms with van der Waals surface area (Å²) in [6, 6.07) is 7.42. The largest absolute Gasteiger partial charge is 0.487 e. The molecule has 2 amide bonds. The minimum absolute atomic E-state index is 0.00448. The van der Waals surface area contributed by atoms with Gasteiger partial charge < -0.3 is 19.3 Å². The first-order valence-electron chi connectivity index (χ1n) is 16.6. The van der Waals surface area contributed by atoms with Gasteiger partial charge in [-0.25, -0.2) is 17.5 Å². The molecule has 0 aliphatic carbocycles. The van der Waals surface area contributed by atoms with Crippen molar-refractivity contribution in [3.8, 4) is 5.75 Å². The number of aryl methyl sites for hydroxylation is 1. The second-order valence-corrected chi connectivity index (χ2v) is 16.0. The Labute approximate surface area is 286 Å². The van der Waals surface area contributed by atoms with E-state index in [-0.39, 0.29) is 25.1 Å². The highest BCUT2D eigenvalue weighted by atomic mass is 35.5. The van der Waals surface area contributed by atoms with Crippen molar-refractivity contribution in [1.82, 2.24) is 14.5 Å². The molecule has 258 valence electrons. The summed E-state index contributed by atoms with van der Waals surface area (Å²) in [7, 11) is -2.67. The molecule has 1 saturated heterocycles. The van der Waals surface area contributed by atoms with Crippen molar-refractivity contribution in [2.45, 2.75) is 75.8 Å². The van der Waals surface area contributed by atoms with E-state index in [4.69, 9.17) is 16.3 Å². The van der Waals surface area contributed by atoms with Crippen molar-refractivity contribution in [1.29, 1.82) is 0 Å². The Hall–Kier alpha value is -3.48. The van der Waals surface area contributed by atoms with Gasteiger partial charge in [0.15, 0.2) is 0 Å². The molecule has 7 bridgehead atoms. The first kappa shape index (κ1) is 34.4. The van der Waals surface area contributed by atoms with E-state index in [1.54, 1.807) is 25.1 Å². The fourth-order valence-corrected chi connectivity index (χ4v) is 9.24. The molecule has 4 aliphatic rings. The molecule has 1 fully saturated rings. The van der Waals surface area contributed by atoms with Crippen LogP contribution in [0.1, 0.15) is 73.0 Å². The molecular formula is C35H42ClFN4O6S. The number of hydrogen-bond donors (Lipinski definition) is 1. The van der Waals surface area contributed by atoms with Crippen LogP contribution in [0.4, 0.5) is 10.1 Å². The maximum Gasteiger partial charge on any atom is 0.264 e. The predicted octanol–water partition coefficient (Wildman–Crippen LogP) is 4.73. The zero-order valence-electron chi connectivity index (χ0n) is 27.5. The molecule has 10 nitrogen and oxygen atoms in total. The molecule has 0 radical (unpaired) electrons. The minimum Gasteiger partial charge on any atom is -0.487 e. The van der Waals surface area contributed by atoms with Crippen molar-refractivity contribution in [3.05, 3.63) is 69.5 Å². The molecule has 4 heterocycles. The van der Waals surface area contributed by atoms with Gasteiger partial charge in [0.1, 0.15) is 30.5 Å². The molecule has 1 spiro atoms. The summed E-state index contributed by atoms with van der Waals surface area (Å²) < 4.78 is 52.3. The maximum atomic E-state index is 16.9. The van der Waals surface area contributed by atoms with E-state index in [1.807, 2.05) is 17.0 Å². The number of carbonyl (C=O) groups excluding carboxylic acids is 3. The number of halogens is 2. The summed E-state index contributed by atoms with van der Waals surface area (Å²) in [5, 5.41) is -0.511. The maximum absolute atomic E-state index is 16.9. The fraction of sp³-hybridized carbons (Fsp3) is 0.514. The van der Waals surface area contributed by atoms with Crippen molar-refractivity contribution in [3.63, 3.8) is 0 Å². The third kappa shape index (κ3) is 6.22. The van der Waals surface area contributed by atoms with Crippen LogP contribution < -0.4 is 14.4 Å². The van der Waals surface area contributed by atoms with Crippen molar-refractivity contribution in [2.24, 2.45) is 5.92 Å². The number of carbonyl (C=O) groups is 3. The summed E-state index contributed by atoms with van der Waals surface area (Å²) in [5.41, 5.74) is 2.71. The Bertz CT molecular complexity index is 1770. The van der Waals surface area contributed by atoms with Crippen LogP contribution in [0.3, 0.4) is 0 Å². The van der Waals surface area contributed by atoms with Gasteiger partial charge in [-0.15, -0.1) is 0 Å². The van der Waals surface area contributed by atoms with Crippen LogP contribution in [0, 0.1) is 5.92 Å². The quantitative estimate of drug-likeness (QED) is 0.457. The lowest BCUT2D eigenvalue weighted by atomic mass is 9.79. The van der Waals surface area contributed by atoms with Gasteiger partial charge >= 0.3 is 0 Å². The third-order valence-corrected chi connectivity index (χ3v) is 12.7. The van der Waals surface area contributed by atoms with Crippen LogP contribution in [-0.4, -0.2) is 80.8 Å². The lowest BCUT2D eigenvalue weighted by Gasteiger charge is -2.47. The summed E-state index contributed by atoms with van der Waals surface area (Å²) in [6.07, 6.45) is 5.53. The van der Waals surface area contributed by atoms with E-state index in [9.17, 15) is 22.8 Å². The standard InChI is InChI=1S/C35H42ClFN4O6S/c1-22-8-10-29(37)32(34(44)39(3)15-16-42)41-14-6-12-35(41)21-40-13-5-4-7-24-17-26(36)19-28(35)27(24)20-47-31-11-9-25(18-30(31)40)33(43)38-48(45,46)23(22)2/h9-11,16-19,22-23,32H,4-8,12-15,20-21H2,1-3H3,(H,38,43)/b29-10-/t22-,23+,32+,35-/m0/s1. The highest BCUT2D eigenvalue weighted by molar-refractivity contribution is 7.90. The van der Waals surface area contributed by atoms with Gasteiger partial charge in [-0.05, 0) is 98.4 Å². The molecule has 6 rings (SSSR count). The number of anilines is 1. The molecule has 13 heteroatoms. The highest BCUT2D eigenvalue weighted by Crippen LogP contribution is 2.49. The topological polar surface area (TPSA) is 116 Å². The Morgan fingerprint density at radius 2 is 1.98 bits per heavy atom. The van der Waals surface area contributed by atoms with Crippen LogP contribution in [0.25, 0.3) is 0 Å². The number of amides is 2. The average molecular weight is 701 g/mol. The first-order valence-corrected chi connectivity index (χ1v) is 18.5. The van der Waals surface area contributed by atoms with Crippen LogP contribution in [0.5, 0.6) is 5.75 Å². The number of hydrogen-bond acceptors (Lipinski definition) is 8. The zero-order chi connectivity index (χ0) is 34.4. The van der Waals surface area contributed by atoms with Crippen molar-refractivity contribution >= 4 is 45.4 Å². The molecule has 0 saturated carbocycles. The van der Waals surface area contributed by atoms with E-state index in [0.29, 0.717) is 55.2 Å². The normalized spacial score (nSPS) is 28.4. The van der Waals surface area contributed by atoms with Gasteiger partial charge in [-0.1, -0.05) is 24.6 Å². The summed E-state index contributed by atoms with van der Waals surface area (Å²) in [4.78, 5) is 44.5. The Morgan fingerprint density at radius 1 is 1.19 bits per heavy atom. The van der Waals surface area contributed by atoms with E-state index in [0.717, 1.165) is 36.0 Å². The highest BCUT2D eigenvalue weighted by Gasteiger charge is 2.52. The number of aldehydes is 1. The molecule has 4 atom stereocenters. The van der Waals surface area contributed by atoms with Crippen molar-refractivity contribution in [2.75, 3.05) is 38.1 Å². The Morgan fingerprint density at radius 3 is 2.75 bits per heavy atom. The molecular weight excluding hydrogens is 659 g/mol. The fourth-order valence-electron chi connectivity index (χ4n) is 7.72. The molecule has 2 aromatic carbocycles. The van der Waals surface area contributed by atoms with E-state index in [1.165, 1.54) is 24.9 Å². The molecule has 4 aliphatic heterocycles. The van der Waals surface area contributed by atoms with Crippen LogP contribution in [-0.2, 0) is 38.2 Å². The second kappa shape index (κ2) is 13.4. The molecule has 48 heavy (non-hydrogen) atoms. The number of sulfonamides is 1. The lowest BCUT2D eigenvalue weighted by Crippen LogP contribution is -2.58. The second-order valence-electron chi connectivity index (χ2n) is 13.5. The van der Waals surface area contributed by atoms with Crippen LogP contribution >= 0.6 is 11.6 Å². The summed E-state index contributed by atoms with van der Waals surface area (Å²) >= 11 is 6.84. The van der Waals surface area contributed by atoms with E-state index in [2.05, 4.69) is 9.62 Å². The van der Waals surface area contributed by atoms with Gasteiger partial charge in [0, 0.05) is 37.3 Å². The van der Waals surface area contributed by atoms with Crippen LogP contribution in [0.15, 0.2) is 42.2 Å². The molecule has 2 aromatic rings. The number of allylic oxidation sites excluding steroid dienone is 1. The number of nitrogens with one attached hydrogen (secondary N) is 1. The minimum atomic E-state index is -4.15. The lowest BCUT2D eigenvalue weighted by molar-refractivity contribution is -0.138. The predicted molar refractivity (Wildman–Crippen MR) is 181 cm³/mol. The zero-order valence-corrected chi connectivity index (χ0v) is 29.1. The van der Waals surface area contributed by atoms with Crippen molar-refractivity contribution < 1.29 is 31.9 Å². The molecule has 0 aromatic heterocycles. The third-order valence-electron chi connectivity index (χ3n) is 10.6. The monoisotopic (exact) mass is 700 g/mol. The number of likely N-dealkylation sites (N-methyl/N-ethyl adjacent to an activating group) is 1. The van der Waals surface area contributed by atoms with Gasteiger partial charge in [-0.2, -0.15) is 0 Å². The Kier molecular flexibility index (Phi) is 9.63. The average Bonchev–Trinajstić information content (AvgIpc) is 3.46. The number of benzene rings is 2. The van der Waals surface area contributed by atoms with Gasteiger partial charge in [0.25, 0.3) is 5.91 Å². The first-order chi connectivity index (χ1) is 22.9. The number of nitrogens with zero attached hydrogens (tertiary/aromatic N) is 3.